The van der Waals surface area contributed by atoms with Crippen LogP contribution in [0.3, 0.4) is 0 Å². The average molecular weight is 341 g/mol. The van der Waals surface area contributed by atoms with Gasteiger partial charge in [-0.2, -0.15) is 4.98 Å². The predicted molar refractivity (Wildman–Crippen MR) is 72.4 cm³/mol. The first-order valence-electron chi connectivity index (χ1n) is 6.12. The van der Waals surface area contributed by atoms with Gasteiger partial charge in [-0.15, -0.1) is 0 Å². The van der Waals surface area contributed by atoms with Crippen LogP contribution in [0.5, 0.6) is 0 Å². The molecule has 3 heterocycles. The number of hydrogen-bond acceptors (Lipinski definition) is 6. The number of carbonyl (C=O) groups excluding carboxylic acids is 1. The van der Waals surface area contributed by atoms with Gasteiger partial charge in [-0.1, -0.05) is 5.16 Å². The highest BCUT2D eigenvalue weighted by molar-refractivity contribution is 9.10. The first-order valence-corrected chi connectivity index (χ1v) is 6.91. The van der Waals surface area contributed by atoms with Gasteiger partial charge in [0.05, 0.1) is 0 Å². The normalized spacial score (nSPS) is 22.4. The van der Waals surface area contributed by atoms with Crippen molar-refractivity contribution in [3.63, 3.8) is 0 Å². The molecule has 0 spiro atoms. The summed E-state index contributed by atoms with van der Waals surface area (Å²) >= 11 is 3.22. The van der Waals surface area contributed by atoms with E-state index in [-0.39, 0.29) is 5.91 Å². The van der Waals surface area contributed by atoms with Crippen LogP contribution in [0, 0.1) is 0 Å². The summed E-state index contributed by atoms with van der Waals surface area (Å²) < 4.78 is 11.2. The van der Waals surface area contributed by atoms with E-state index in [0.29, 0.717) is 41.7 Å². The number of likely N-dealkylation sites (tertiary alicyclic amines) is 1. The van der Waals surface area contributed by atoms with Crippen molar-refractivity contribution in [3.8, 4) is 11.6 Å². The van der Waals surface area contributed by atoms with Crippen LogP contribution in [0.4, 0.5) is 0 Å². The number of nitrogens with zero attached hydrogens (tertiary/aromatic N) is 3. The maximum absolute atomic E-state index is 11.4. The molecule has 1 atom stereocenters. The van der Waals surface area contributed by atoms with E-state index in [2.05, 4.69) is 26.1 Å². The number of hydrogen-bond donors (Lipinski definition) is 1. The maximum Gasteiger partial charge on any atom is 0.249 e. The average Bonchev–Trinajstić information content (AvgIpc) is 3.07. The van der Waals surface area contributed by atoms with Gasteiger partial charge in [0.15, 0.2) is 10.4 Å². The van der Waals surface area contributed by atoms with Crippen molar-refractivity contribution in [2.75, 3.05) is 13.1 Å². The van der Waals surface area contributed by atoms with Gasteiger partial charge >= 0.3 is 0 Å². The summed E-state index contributed by atoms with van der Waals surface area (Å²) in [7, 11) is 0. The quantitative estimate of drug-likeness (QED) is 0.889. The Morgan fingerprint density at radius 2 is 2.35 bits per heavy atom. The summed E-state index contributed by atoms with van der Waals surface area (Å²) in [5.41, 5.74) is 5.48. The predicted octanol–water partition coefficient (Wildman–Crippen LogP) is 1.50. The summed E-state index contributed by atoms with van der Waals surface area (Å²) in [6, 6.07) is 3.48. The van der Waals surface area contributed by atoms with E-state index in [9.17, 15) is 4.79 Å². The number of amides is 1. The van der Waals surface area contributed by atoms with Crippen LogP contribution in [0.1, 0.15) is 19.2 Å². The van der Waals surface area contributed by atoms with Gasteiger partial charge in [0, 0.05) is 20.0 Å². The highest BCUT2D eigenvalue weighted by Crippen LogP contribution is 2.30. The molecule has 8 heteroatoms. The number of aromatic nitrogens is 2. The Morgan fingerprint density at radius 1 is 1.55 bits per heavy atom. The van der Waals surface area contributed by atoms with E-state index >= 15 is 0 Å². The smallest absolute Gasteiger partial charge is 0.249 e. The molecule has 1 amide bonds. The summed E-state index contributed by atoms with van der Waals surface area (Å²) in [4.78, 5) is 17.3. The molecule has 0 bridgehead atoms. The third-order valence-electron chi connectivity index (χ3n) is 3.39. The maximum atomic E-state index is 11.4. The van der Waals surface area contributed by atoms with E-state index < -0.39 is 5.54 Å². The zero-order chi connectivity index (χ0) is 14.3. The second kappa shape index (κ2) is 4.71. The first kappa shape index (κ1) is 13.3. The molecule has 0 radical (unpaired) electrons. The molecular formula is C12H13BrN4O3. The largest absolute Gasteiger partial charge is 0.446 e. The molecule has 1 unspecified atom stereocenters. The summed E-state index contributed by atoms with van der Waals surface area (Å²) in [5.74, 6) is 1.16. The van der Waals surface area contributed by atoms with Crippen molar-refractivity contribution in [1.29, 1.82) is 0 Å². The highest BCUT2D eigenvalue weighted by Gasteiger charge is 2.42. The Morgan fingerprint density at radius 3 is 2.95 bits per heavy atom. The van der Waals surface area contributed by atoms with Crippen molar-refractivity contribution >= 4 is 21.8 Å². The molecule has 1 aliphatic rings. The van der Waals surface area contributed by atoms with Gasteiger partial charge in [0.25, 0.3) is 0 Å². The molecule has 1 saturated heterocycles. The van der Waals surface area contributed by atoms with Crippen LogP contribution in [0.2, 0.25) is 0 Å². The lowest BCUT2D eigenvalue weighted by Gasteiger charge is -2.19. The third kappa shape index (κ3) is 2.25. The van der Waals surface area contributed by atoms with Crippen LogP contribution in [0.15, 0.2) is 25.7 Å². The van der Waals surface area contributed by atoms with E-state index in [1.165, 1.54) is 6.92 Å². The molecule has 0 aromatic carbocycles. The molecule has 7 nitrogen and oxygen atoms in total. The fourth-order valence-electron chi connectivity index (χ4n) is 2.24. The molecule has 1 aliphatic heterocycles. The minimum atomic E-state index is -0.791. The molecule has 20 heavy (non-hydrogen) atoms. The van der Waals surface area contributed by atoms with E-state index in [0.717, 1.165) is 0 Å². The Labute approximate surface area is 123 Å². The molecule has 2 aromatic heterocycles. The summed E-state index contributed by atoms with van der Waals surface area (Å²) in [6.45, 7) is 2.49. The number of nitrogens with two attached hydrogens (primary N) is 1. The number of rotatable bonds is 2. The minimum Gasteiger partial charge on any atom is -0.446 e. The van der Waals surface area contributed by atoms with Crippen molar-refractivity contribution in [2.24, 2.45) is 5.73 Å². The summed E-state index contributed by atoms with van der Waals surface area (Å²) in [6.07, 6.45) is 0.593. The van der Waals surface area contributed by atoms with Gasteiger partial charge < -0.3 is 19.6 Å². The Bertz CT molecular complexity index is 653. The fourth-order valence-corrected chi connectivity index (χ4v) is 2.54. The highest BCUT2D eigenvalue weighted by atomic mass is 79.9. The Hall–Kier alpha value is -1.67. The molecule has 1 fully saturated rings. The van der Waals surface area contributed by atoms with Gasteiger partial charge in [-0.05, 0) is 34.5 Å². The van der Waals surface area contributed by atoms with Crippen molar-refractivity contribution in [3.05, 3.63) is 22.7 Å². The minimum absolute atomic E-state index is 0.00738. The number of halogens is 1. The lowest BCUT2D eigenvalue weighted by Crippen LogP contribution is -2.41. The molecule has 2 aromatic rings. The molecular weight excluding hydrogens is 328 g/mol. The fraction of sp³-hybridized carbons (Fsp3) is 0.417. The zero-order valence-electron chi connectivity index (χ0n) is 10.8. The zero-order valence-corrected chi connectivity index (χ0v) is 12.4. The van der Waals surface area contributed by atoms with Gasteiger partial charge in [-0.3, -0.25) is 4.79 Å². The van der Waals surface area contributed by atoms with E-state index in [4.69, 9.17) is 14.7 Å². The van der Waals surface area contributed by atoms with Crippen molar-refractivity contribution in [1.82, 2.24) is 15.0 Å². The second-order valence-electron chi connectivity index (χ2n) is 4.87. The van der Waals surface area contributed by atoms with Gasteiger partial charge in [0.2, 0.25) is 17.6 Å². The van der Waals surface area contributed by atoms with Crippen LogP contribution in [-0.4, -0.2) is 34.0 Å². The SMILES string of the molecule is CC(=O)N1CCC(N)(c2nc(-c3ccc(Br)o3)no2)C1. The second-order valence-corrected chi connectivity index (χ2v) is 5.66. The topological polar surface area (TPSA) is 98.4 Å². The number of furan rings is 1. The van der Waals surface area contributed by atoms with Gasteiger partial charge in [0.1, 0.15) is 5.54 Å². The standard InChI is InChI=1S/C12H13BrN4O3/c1-7(18)17-5-4-12(14,6-17)11-15-10(16-20-11)8-2-3-9(13)19-8/h2-3H,4-6,14H2,1H3. The lowest BCUT2D eigenvalue weighted by molar-refractivity contribution is -0.128. The molecule has 106 valence electrons. The van der Waals surface area contributed by atoms with Crippen LogP contribution >= 0.6 is 15.9 Å². The molecule has 0 aliphatic carbocycles. The summed E-state index contributed by atoms with van der Waals surface area (Å²) in [5, 5.41) is 3.88. The lowest BCUT2D eigenvalue weighted by atomic mass is 10.0. The molecule has 0 saturated carbocycles. The Kier molecular flexibility index (Phi) is 3.14. The number of carbonyl (C=O) groups is 1. The van der Waals surface area contributed by atoms with E-state index in [1.54, 1.807) is 17.0 Å². The Balaban J connectivity index is 1.85. The van der Waals surface area contributed by atoms with Crippen molar-refractivity contribution < 1.29 is 13.7 Å². The van der Waals surface area contributed by atoms with E-state index in [1.807, 2.05) is 0 Å². The van der Waals surface area contributed by atoms with Crippen LogP contribution < -0.4 is 5.73 Å². The van der Waals surface area contributed by atoms with Crippen LogP contribution in [0.25, 0.3) is 11.6 Å². The first-order chi connectivity index (χ1) is 9.48. The monoisotopic (exact) mass is 340 g/mol. The molecule has 3 rings (SSSR count). The third-order valence-corrected chi connectivity index (χ3v) is 3.82. The van der Waals surface area contributed by atoms with Gasteiger partial charge in [-0.25, -0.2) is 0 Å². The van der Waals surface area contributed by atoms with Crippen LogP contribution in [-0.2, 0) is 10.3 Å². The van der Waals surface area contributed by atoms with Crippen molar-refractivity contribution in [2.45, 2.75) is 18.9 Å². The molecule has 2 N–H and O–H groups in total.